The maximum Gasteiger partial charge on any atom is 0.261 e. The van der Waals surface area contributed by atoms with Crippen molar-refractivity contribution < 1.29 is 13.2 Å². The lowest BCUT2D eigenvalue weighted by atomic mass is 10.0. The highest BCUT2D eigenvalue weighted by molar-refractivity contribution is 8.13. The van der Waals surface area contributed by atoms with Crippen LogP contribution in [0.5, 0.6) is 0 Å². The molecule has 1 rings (SSSR count). The molecule has 0 aliphatic rings. The molecule has 0 heterocycles. The van der Waals surface area contributed by atoms with E-state index in [4.69, 9.17) is 15.4 Å². The van der Waals surface area contributed by atoms with Crippen molar-refractivity contribution in [3.05, 3.63) is 29.8 Å². The fraction of sp³-hybridized carbons (Fsp3) is 0.538. The summed E-state index contributed by atoms with van der Waals surface area (Å²) in [5, 5.41) is 0. The molecule has 0 unspecified atom stereocenters. The van der Waals surface area contributed by atoms with E-state index in [2.05, 4.69) is 6.92 Å². The number of hydrogen-bond acceptors (Lipinski definition) is 3. The van der Waals surface area contributed by atoms with E-state index in [-0.39, 0.29) is 11.0 Å². The summed E-state index contributed by atoms with van der Waals surface area (Å²) in [6, 6.07) is 6.59. The molecule has 5 heteroatoms. The third-order valence-corrected chi connectivity index (χ3v) is 4.09. The molecule has 0 N–H and O–H groups in total. The predicted octanol–water partition coefficient (Wildman–Crippen LogP) is 3.88. The Morgan fingerprint density at radius 3 is 2.28 bits per heavy atom. The molecule has 1 atom stereocenters. The first-order chi connectivity index (χ1) is 8.49. The van der Waals surface area contributed by atoms with Crippen molar-refractivity contribution in [1.29, 1.82) is 0 Å². The molecule has 0 aromatic heterocycles. The topological polar surface area (TPSA) is 43.4 Å². The van der Waals surface area contributed by atoms with Crippen LogP contribution >= 0.6 is 10.7 Å². The maximum atomic E-state index is 11.1. The van der Waals surface area contributed by atoms with E-state index in [0.29, 0.717) is 6.61 Å². The summed E-state index contributed by atoms with van der Waals surface area (Å²) in [5.41, 5.74) is 0.995. The molecule has 102 valence electrons. The second-order valence-corrected chi connectivity index (χ2v) is 6.66. The van der Waals surface area contributed by atoms with E-state index in [9.17, 15) is 8.42 Å². The van der Waals surface area contributed by atoms with Crippen LogP contribution in [-0.4, -0.2) is 15.0 Å². The minimum absolute atomic E-state index is 0.0297. The lowest BCUT2D eigenvalue weighted by Gasteiger charge is -2.17. The van der Waals surface area contributed by atoms with Gasteiger partial charge in [-0.05, 0) is 31.0 Å². The Morgan fingerprint density at radius 2 is 1.83 bits per heavy atom. The van der Waals surface area contributed by atoms with Gasteiger partial charge in [-0.2, -0.15) is 0 Å². The van der Waals surface area contributed by atoms with Crippen LogP contribution in [0.3, 0.4) is 0 Å². The Hall–Kier alpha value is -0.580. The minimum Gasteiger partial charge on any atom is -0.374 e. The summed E-state index contributed by atoms with van der Waals surface area (Å²) in [6.07, 6.45) is 3.16. The monoisotopic (exact) mass is 290 g/mol. The van der Waals surface area contributed by atoms with Crippen LogP contribution in [0.15, 0.2) is 29.2 Å². The summed E-state index contributed by atoms with van der Waals surface area (Å²) in [6.45, 7) is 4.73. The zero-order chi connectivity index (χ0) is 13.6. The quantitative estimate of drug-likeness (QED) is 0.716. The highest BCUT2D eigenvalue weighted by Gasteiger charge is 2.14. The zero-order valence-electron chi connectivity index (χ0n) is 10.7. The molecular formula is C13H19ClO3S. The van der Waals surface area contributed by atoms with Gasteiger partial charge in [0.05, 0.1) is 11.0 Å². The standard InChI is InChI=1S/C13H19ClO3S/c1-3-5-6-13(17-4-2)11-7-9-12(10-8-11)18(14,15)16/h7-10,13H,3-6H2,1-2H3/t13-/m0/s1. The number of hydrogen-bond donors (Lipinski definition) is 0. The van der Waals surface area contributed by atoms with Gasteiger partial charge in [0.1, 0.15) is 0 Å². The van der Waals surface area contributed by atoms with Crippen molar-refractivity contribution in [3.63, 3.8) is 0 Å². The van der Waals surface area contributed by atoms with Crippen molar-refractivity contribution in [3.8, 4) is 0 Å². The second kappa shape index (κ2) is 7.12. The highest BCUT2D eigenvalue weighted by atomic mass is 35.7. The van der Waals surface area contributed by atoms with Gasteiger partial charge in [0.25, 0.3) is 9.05 Å². The average Bonchev–Trinajstić information content (AvgIpc) is 2.33. The fourth-order valence-electron chi connectivity index (χ4n) is 1.78. The van der Waals surface area contributed by atoms with Gasteiger partial charge in [-0.25, -0.2) is 8.42 Å². The van der Waals surface area contributed by atoms with E-state index >= 15 is 0 Å². The third-order valence-electron chi connectivity index (χ3n) is 2.72. The molecule has 0 amide bonds. The smallest absolute Gasteiger partial charge is 0.261 e. The van der Waals surface area contributed by atoms with Gasteiger partial charge in [-0.3, -0.25) is 0 Å². The first kappa shape index (κ1) is 15.5. The van der Waals surface area contributed by atoms with Crippen LogP contribution in [0.2, 0.25) is 0 Å². The van der Waals surface area contributed by atoms with Crippen molar-refractivity contribution in [2.75, 3.05) is 6.61 Å². The lowest BCUT2D eigenvalue weighted by molar-refractivity contribution is 0.0545. The average molecular weight is 291 g/mol. The zero-order valence-corrected chi connectivity index (χ0v) is 12.3. The second-order valence-electron chi connectivity index (χ2n) is 4.09. The molecule has 0 aliphatic heterocycles. The van der Waals surface area contributed by atoms with Crippen molar-refractivity contribution in [2.45, 2.75) is 44.1 Å². The van der Waals surface area contributed by atoms with Gasteiger partial charge in [0, 0.05) is 17.3 Å². The van der Waals surface area contributed by atoms with E-state index in [0.717, 1.165) is 24.8 Å². The van der Waals surface area contributed by atoms with E-state index in [1.807, 2.05) is 6.92 Å². The van der Waals surface area contributed by atoms with E-state index in [1.54, 1.807) is 12.1 Å². The predicted molar refractivity (Wildman–Crippen MR) is 73.4 cm³/mol. The lowest BCUT2D eigenvalue weighted by Crippen LogP contribution is -2.04. The van der Waals surface area contributed by atoms with Crippen LogP contribution in [0.1, 0.15) is 44.8 Å². The summed E-state index contributed by atoms with van der Waals surface area (Å²) in [4.78, 5) is 0.124. The molecule has 1 aromatic carbocycles. The summed E-state index contributed by atoms with van der Waals surface area (Å²) >= 11 is 0. The van der Waals surface area contributed by atoms with Crippen LogP contribution in [0.25, 0.3) is 0 Å². The molecule has 3 nitrogen and oxygen atoms in total. The Labute approximate surface area is 114 Å². The largest absolute Gasteiger partial charge is 0.374 e. The molecule has 0 fully saturated rings. The van der Waals surface area contributed by atoms with Crippen LogP contribution in [0, 0.1) is 0 Å². The van der Waals surface area contributed by atoms with Gasteiger partial charge in [-0.1, -0.05) is 31.9 Å². The number of unbranched alkanes of at least 4 members (excludes halogenated alkanes) is 1. The molecule has 0 spiro atoms. The molecule has 18 heavy (non-hydrogen) atoms. The normalized spacial score (nSPS) is 13.5. The van der Waals surface area contributed by atoms with E-state index in [1.165, 1.54) is 12.1 Å². The summed E-state index contributed by atoms with van der Waals surface area (Å²) in [5.74, 6) is 0. The first-order valence-corrected chi connectivity index (χ1v) is 8.46. The Morgan fingerprint density at radius 1 is 1.22 bits per heavy atom. The van der Waals surface area contributed by atoms with Crippen molar-refractivity contribution in [2.24, 2.45) is 0 Å². The molecule has 1 aromatic rings. The molecule has 0 saturated carbocycles. The van der Waals surface area contributed by atoms with Crippen molar-refractivity contribution in [1.82, 2.24) is 0 Å². The van der Waals surface area contributed by atoms with Gasteiger partial charge in [0.2, 0.25) is 0 Å². The fourth-order valence-corrected chi connectivity index (χ4v) is 2.55. The summed E-state index contributed by atoms with van der Waals surface area (Å²) < 4.78 is 28.0. The molecule has 0 bridgehead atoms. The summed E-state index contributed by atoms with van der Waals surface area (Å²) in [7, 11) is 1.63. The maximum absolute atomic E-state index is 11.1. The van der Waals surface area contributed by atoms with Gasteiger partial charge in [0.15, 0.2) is 0 Å². The third kappa shape index (κ3) is 4.59. The Balaban J connectivity index is 2.86. The van der Waals surface area contributed by atoms with Crippen LogP contribution < -0.4 is 0 Å². The van der Waals surface area contributed by atoms with E-state index < -0.39 is 9.05 Å². The Kier molecular flexibility index (Phi) is 6.12. The SMILES string of the molecule is CCCC[C@H](OCC)c1ccc(S(=O)(=O)Cl)cc1. The van der Waals surface area contributed by atoms with Gasteiger partial charge in [-0.15, -0.1) is 0 Å². The molecule has 0 saturated heterocycles. The number of benzene rings is 1. The van der Waals surface area contributed by atoms with Gasteiger partial charge < -0.3 is 4.74 Å². The molecule has 0 aliphatic carbocycles. The number of rotatable bonds is 7. The van der Waals surface area contributed by atoms with Crippen molar-refractivity contribution >= 4 is 19.7 Å². The minimum atomic E-state index is -3.64. The Bertz CT molecular complexity index is 454. The van der Waals surface area contributed by atoms with Crippen LogP contribution in [-0.2, 0) is 13.8 Å². The first-order valence-electron chi connectivity index (χ1n) is 6.15. The van der Waals surface area contributed by atoms with Gasteiger partial charge >= 0.3 is 0 Å². The van der Waals surface area contributed by atoms with Crippen LogP contribution in [0.4, 0.5) is 0 Å². The number of halogens is 1. The highest BCUT2D eigenvalue weighted by Crippen LogP contribution is 2.25. The molecular weight excluding hydrogens is 272 g/mol. The number of ether oxygens (including phenoxy) is 1. The molecule has 0 radical (unpaired) electrons.